The minimum Gasteiger partial charge on any atom is -0.381 e. The Kier molecular flexibility index (Phi) is 5.27. The molecule has 0 saturated heterocycles. The van der Waals surface area contributed by atoms with Crippen LogP contribution in [0.25, 0.3) is 0 Å². The van der Waals surface area contributed by atoms with Gasteiger partial charge in [0.1, 0.15) is 5.60 Å². The summed E-state index contributed by atoms with van der Waals surface area (Å²) in [7, 11) is 1.73. The number of methoxy groups -OCH3 is 1. The van der Waals surface area contributed by atoms with Crippen molar-refractivity contribution in [3.63, 3.8) is 0 Å². The lowest BCUT2D eigenvalue weighted by Crippen LogP contribution is -2.47. The first-order valence-corrected chi connectivity index (χ1v) is 8.91. The third-order valence-corrected chi connectivity index (χ3v) is 4.83. The van der Waals surface area contributed by atoms with E-state index in [9.17, 15) is 0 Å². The van der Waals surface area contributed by atoms with Crippen LogP contribution in [0.1, 0.15) is 43.2 Å². The molecule has 0 bridgehead atoms. The van der Waals surface area contributed by atoms with Gasteiger partial charge in [0, 0.05) is 36.9 Å². The Balaban J connectivity index is 1.76. The number of ether oxygens (including phenoxy) is 2. The largest absolute Gasteiger partial charge is 0.381 e. The maximum Gasteiger partial charge on any atom is 0.129 e. The third kappa shape index (κ3) is 3.78. The predicted molar refractivity (Wildman–Crippen MR) is 98.6 cm³/mol. The topological polar surface area (TPSA) is 59.2 Å². The van der Waals surface area contributed by atoms with Gasteiger partial charge in [-0.2, -0.15) is 5.10 Å². The fourth-order valence-electron chi connectivity index (χ4n) is 3.66. The number of aromatic amines is 1. The summed E-state index contributed by atoms with van der Waals surface area (Å²) < 4.78 is 11.8. The van der Waals surface area contributed by atoms with Gasteiger partial charge in [-0.05, 0) is 17.5 Å². The smallest absolute Gasteiger partial charge is 0.129 e. The van der Waals surface area contributed by atoms with Gasteiger partial charge in [-0.15, -0.1) is 0 Å². The van der Waals surface area contributed by atoms with Gasteiger partial charge in [-0.25, -0.2) is 0 Å². The number of fused-ring (bicyclic) bond motifs is 1. The van der Waals surface area contributed by atoms with E-state index in [2.05, 4.69) is 60.6 Å². The van der Waals surface area contributed by atoms with Gasteiger partial charge in [-0.3, -0.25) is 5.10 Å². The summed E-state index contributed by atoms with van der Waals surface area (Å²) in [6.07, 6.45) is 2.86. The molecular weight excluding hydrogens is 314 g/mol. The minimum atomic E-state index is -0.435. The molecule has 1 aliphatic heterocycles. The van der Waals surface area contributed by atoms with Crippen molar-refractivity contribution >= 4 is 0 Å². The summed E-state index contributed by atoms with van der Waals surface area (Å²) in [5.41, 5.74) is 4.57. The molecule has 0 spiro atoms. The lowest BCUT2D eigenvalue weighted by atomic mass is 9.86. The average Bonchev–Trinajstić information content (AvgIpc) is 3.04. The number of nitrogens with one attached hydrogen (secondary N) is 2. The zero-order valence-electron chi connectivity index (χ0n) is 15.7. The monoisotopic (exact) mass is 343 g/mol. The average molecular weight is 343 g/mol. The van der Waals surface area contributed by atoms with Gasteiger partial charge in [0.2, 0.25) is 0 Å². The standard InChI is InChI=1S/C20H29N3O2/c1-19(2,3)18-16(12-22-23-18)11-21-13-20(14-24-4)17-8-6-5-7-15(17)9-10-25-20/h5-8,12,21H,9-11,13-14H2,1-4H3,(H,22,23). The quantitative estimate of drug-likeness (QED) is 0.847. The molecule has 1 atom stereocenters. The van der Waals surface area contributed by atoms with E-state index in [0.29, 0.717) is 13.2 Å². The predicted octanol–water partition coefficient (Wildman–Crippen LogP) is 2.91. The first kappa shape index (κ1) is 18.1. The molecular formula is C20H29N3O2. The molecule has 25 heavy (non-hydrogen) atoms. The number of aromatic nitrogens is 2. The Bertz CT molecular complexity index is 705. The lowest BCUT2D eigenvalue weighted by molar-refractivity contribution is -0.101. The first-order valence-electron chi connectivity index (χ1n) is 8.91. The Labute approximate surface area is 150 Å². The maximum atomic E-state index is 6.24. The number of benzene rings is 1. The zero-order chi connectivity index (χ0) is 17.9. The van der Waals surface area contributed by atoms with Crippen LogP contribution in [0.15, 0.2) is 30.5 Å². The Hall–Kier alpha value is -1.69. The molecule has 5 heteroatoms. The fourth-order valence-corrected chi connectivity index (χ4v) is 3.66. The van der Waals surface area contributed by atoms with E-state index in [-0.39, 0.29) is 5.41 Å². The Morgan fingerprint density at radius 1 is 1.32 bits per heavy atom. The van der Waals surface area contributed by atoms with Crippen molar-refractivity contribution in [3.05, 3.63) is 52.8 Å². The lowest BCUT2D eigenvalue weighted by Gasteiger charge is -2.39. The van der Waals surface area contributed by atoms with E-state index in [1.807, 2.05) is 6.20 Å². The molecule has 0 amide bonds. The van der Waals surface area contributed by atoms with Crippen molar-refractivity contribution in [2.75, 3.05) is 26.9 Å². The van der Waals surface area contributed by atoms with Crippen LogP contribution in [0, 0.1) is 0 Å². The molecule has 5 nitrogen and oxygen atoms in total. The molecule has 0 radical (unpaired) electrons. The highest BCUT2D eigenvalue weighted by atomic mass is 16.5. The van der Waals surface area contributed by atoms with Gasteiger partial charge in [-0.1, -0.05) is 45.0 Å². The van der Waals surface area contributed by atoms with Crippen LogP contribution in [0.2, 0.25) is 0 Å². The van der Waals surface area contributed by atoms with Gasteiger partial charge >= 0.3 is 0 Å². The SMILES string of the molecule is COCC1(CNCc2cn[nH]c2C(C)(C)C)OCCc2ccccc21. The summed E-state index contributed by atoms with van der Waals surface area (Å²) in [6.45, 7) is 9.28. The van der Waals surface area contributed by atoms with Crippen molar-refractivity contribution in [2.24, 2.45) is 0 Å². The van der Waals surface area contributed by atoms with Gasteiger partial charge < -0.3 is 14.8 Å². The van der Waals surface area contributed by atoms with Crippen molar-refractivity contribution < 1.29 is 9.47 Å². The molecule has 2 aromatic rings. The molecule has 1 aromatic heterocycles. The second kappa shape index (κ2) is 7.28. The van der Waals surface area contributed by atoms with Crippen LogP contribution in [-0.4, -0.2) is 37.1 Å². The van der Waals surface area contributed by atoms with Crippen LogP contribution >= 0.6 is 0 Å². The van der Waals surface area contributed by atoms with Crippen molar-refractivity contribution in [3.8, 4) is 0 Å². The molecule has 3 rings (SSSR count). The van der Waals surface area contributed by atoms with Crippen LogP contribution in [0.3, 0.4) is 0 Å². The van der Waals surface area contributed by atoms with Crippen molar-refractivity contribution in [1.29, 1.82) is 0 Å². The van der Waals surface area contributed by atoms with Crippen LogP contribution in [0.4, 0.5) is 0 Å². The highest BCUT2D eigenvalue weighted by molar-refractivity contribution is 5.35. The normalized spacial score (nSPS) is 20.5. The highest BCUT2D eigenvalue weighted by Gasteiger charge is 2.37. The van der Waals surface area contributed by atoms with Gasteiger partial charge in [0.25, 0.3) is 0 Å². The summed E-state index contributed by atoms with van der Waals surface area (Å²) in [4.78, 5) is 0. The van der Waals surface area contributed by atoms with E-state index < -0.39 is 5.60 Å². The second-order valence-corrected chi connectivity index (χ2v) is 7.81. The number of nitrogens with zero attached hydrogens (tertiary/aromatic N) is 1. The van der Waals surface area contributed by atoms with Crippen LogP contribution in [-0.2, 0) is 33.5 Å². The van der Waals surface area contributed by atoms with Crippen molar-refractivity contribution in [2.45, 2.75) is 44.8 Å². The van der Waals surface area contributed by atoms with E-state index in [4.69, 9.17) is 9.47 Å². The number of rotatable bonds is 6. The summed E-state index contributed by atoms with van der Waals surface area (Å²) in [5, 5.41) is 10.9. The minimum absolute atomic E-state index is 0.0473. The molecule has 2 N–H and O–H groups in total. The molecule has 1 unspecified atom stereocenters. The Morgan fingerprint density at radius 2 is 2.12 bits per heavy atom. The summed E-state index contributed by atoms with van der Waals surface area (Å²) >= 11 is 0. The number of hydrogen-bond acceptors (Lipinski definition) is 4. The summed E-state index contributed by atoms with van der Waals surface area (Å²) in [6, 6.07) is 8.52. The first-order chi connectivity index (χ1) is 12.0. The third-order valence-electron chi connectivity index (χ3n) is 4.83. The molecule has 2 heterocycles. The second-order valence-electron chi connectivity index (χ2n) is 7.81. The van der Waals surface area contributed by atoms with E-state index in [1.54, 1.807) is 7.11 Å². The zero-order valence-corrected chi connectivity index (χ0v) is 15.7. The molecule has 1 aliphatic rings. The van der Waals surface area contributed by atoms with Crippen LogP contribution < -0.4 is 5.32 Å². The van der Waals surface area contributed by atoms with Gasteiger partial charge in [0.05, 0.1) is 19.4 Å². The fraction of sp³-hybridized carbons (Fsp3) is 0.550. The molecule has 136 valence electrons. The Morgan fingerprint density at radius 3 is 2.88 bits per heavy atom. The highest BCUT2D eigenvalue weighted by Crippen LogP contribution is 2.33. The van der Waals surface area contributed by atoms with Crippen molar-refractivity contribution in [1.82, 2.24) is 15.5 Å². The number of hydrogen-bond donors (Lipinski definition) is 2. The molecule has 0 saturated carbocycles. The van der Waals surface area contributed by atoms with Gasteiger partial charge in [0.15, 0.2) is 0 Å². The molecule has 0 aliphatic carbocycles. The molecule has 1 aromatic carbocycles. The van der Waals surface area contributed by atoms with E-state index in [1.165, 1.54) is 22.4 Å². The van der Waals surface area contributed by atoms with E-state index >= 15 is 0 Å². The maximum absolute atomic E-state index is 6.24. The summed E-state index contributed by atoms with van der Waals surface area (Å²) in [5.74, 6) is 0. The van der Waals surface area contributed by atoms with E-state index in [0.717, 1.165) is 19.6 Å². The molecule has 0 fully saturated rings. The number of H-pyrrole nitrogens is 1. The van der Waals surface area contributed by atoms with Crippen LogP contribution in [0.5, 0.6) is 0 Å².